The monoisotopic (exact) mass is 224 g/mol. The van der Waals surface area contributed by atoms with Gasteiger partial charge in [-0.25, -0.2) is 0 Å². The Morgan fingerprint density at radius 2 is 1.69 bits per heavy atom. The molecular weight excluding hydrogens is 204 g/mol. The summed E-state index contributed by atoms with van der Waals surface area (Å²) in [6.07, 6.45) is -0.579. The van der Waals surface area contributed by atoms with Crippen LogP contribution in [0, 0.1) is 20.8 Å². The zero-order valence-electron chi connectivity index (χ0n) is 10.4. The standard InChI is InChI=1S/C13H20O3/c1-9-5-10(2)13(11(3)6-9)16-8-12(14)7-15-4/h5-6,12,14H,7-8H2,1-4H3. The van der Waals surface area contributed by atoms with Crippen molar-refractivity contribution in [1.82, 2.24) is 0 Å². The highest BCUT2D eigenvalue weighted by Gasteiger charge is 2.08. The first kappa shape index (κ1) is 13.0. The third-order valence-electron chi connectivity index (χ3n) is 2.38. The molecule has 0 aliphatic rings. The van der Waals surface area contributed by atoms with Crippen LogP contribution in [-0.4, -0.2) is 31.5 Å². The molecule has 0 radical (unpaired) electrons. The number of aliphatic hydroxyl groups is 1. The summed E-state index contributed by atoms with van der Waals surface area (Å²) in [7, 11) is 1.56. The predicted octanol–water partition coefficient (Wildman–Crippen LogP) is 2.00. The lowest BCUT2D eigenvalue weighted by Gasteiger charge is -2.15. The molecule has 0 aliphatic carbocycles. The van der Waals surface area contributed by atoms with Crippen LogP contribution < -0.4 is 4.74 Å². The average Bonchev–Trinajstić information content (AvgIpc) is 2.16. The fourth-order valence-corrected chi connectivity index (χ4v) is 1.81. The summed E-state index contributed by atoms with van der Waals surface area (Å²) in [5.41, 5.74) is 3.42. The zero-order valence-corrected chi connectivity index (χ0v) is 10.4. The molecule has 1 aromatic rings. The molecule has 1 rings (SSSR count). The van der Waals surface area contributed by atoms with Gasteiger partial charge in [-0.3, -0.25) is 0 Å². The molecule has 0 fully saturated rings. The predicted molar refractivity (Wildman–Crippen MR) is 64.0 cm³/mol. The number of methoxy groups -OCH3 is 1. The molecular formula is C13H20O3. The Kier molecular flexibility index (Phi) is 4.77. The molecule has 1 atom stereocenters. The van der Waals surface area contributed by atoms with Gasteiger partial charge < -0.3 is 14.6 Å². The lowest BCUT2D eigenvalue weighted by Crippen LogP contribution is -2.23. The van der Waals surface area contributed by atoms with Crippen LogP contribution in [0.3, 0.4) is 0 Å². The van der Waals surface area contributed by atoms with Crippen molar-refractivity contribution in [3.63, 3.8) is 0 Å². The molecule has 0 amide bonds. The number of benzene rings is 1. The van der Waals surface area contributed by atoms with E-state index < -0.39 is 6.10 Å². The van der Waals surface area contributed by atoms with Crippen LogP contribution in [-0.2, 0) is 4.74 Å². The first-order valence-corrected chi connectivity index (χ1v) is 5.42. The minimum atomic E-state index is -0.579. The van der Waals surface area contributed by atoms with Crippen molar-refractivity contribution in [3.8, 4) is 5.75 Å². The Bertz CT molecular complexity index is 324. The fraction of sp³-hybridized carbons (Fsp3) is 0.538. The molecule has 90 valence electrons. The molecule has 16 heavy (non-hydrogen) atoms. The van der Waals surface area contributed by atoms with Gasteiger partial charge in [-0.15, -0.1) is 0 Å². The second kappa shape index (κ2) is 5.87. The third-order valence-corrected chi connectivity index (χ3v) is 2.38. The van der Waals surface area contributed by atoms with Gasteiger partial charge in [-0.2, -0.15) is 0 Å². The Balaban J connectivity index is 2.67. The summed E-state index contributed by atoms with van der Waals surface area (Å²) in [5, 5.41) is 9.50. The van der Waals surface area contributed by atoms with Crippen molar-refractivity contribution in [1.29, 1.82) is 0 Å². The number of hydrogen-bond donors (Lipinski definition) is 1. The van der Waals surface area contributed by atoms with E-state index in [4.69, 9.17) is 9.47 Å². The number of hydrogen-bond acceptors (Lipinski definition) is 3. The van der Waals surface area contributed by atoms with Crippen molar-refractivity contribution in [2.45, 2.75) is 26.9 Å². The van der Waals surface area contributed by atoms with Gasteiger partial charge in [0, 0.05) is 7.11 Å². The van der Waals surface area contributed by atoms with E-state index in [0.29, 0.717) is 6.61 Å². The number of ether oxygens (including phenoxy) is 2. The molecule has 0 heterocycles. The van der Waals surface area contributed by atoms with Crippen molar-refractivity contribution in [2.75, 3.05) is 20.3 Å². The van der Waals surface area contributed by atoms with Crippen molar-refractivity contribution in [2.24, 2.45) is 0 Å². The van der Waals surface area contributed by atoms with Gasteiger partial charge in [0.05, 0.1) is 6.61 Å². The van der Waals surface area contributed by atoms with Crippen LogP contribution in [0.5, 0.6) is 5.75 Å². The SMILES string of the molecule is COCC(O)COc1c(C)cc(C)cc1C. The summed E-state index contributed by atoms with van der Waals surface area (Å²) < 4.78 is 10.4. The molecule has 3 nitrogen and oxygen atoms in total. The molecule has 0 saturated carbocycles. The first-order chi connectivity index (χ1) is 7.54. The molecule has 0 saturated heterocycles. The maximum absolute atomic E-state index is 9.50. The summed E-state index contributed by atoms with van der Waals surface area (Å²) in [6.45, 7) is 6.64. The lowest BCUT2D eigenvalue weighted by molar-refractivity contribution is 0.0322. The molecule has 1 unspecified atom stereocenters. The Hall–Kier alpha value is -1.06. The summed E-state index contributed by atoms with van der Waals surface area (Å²) in [5.74, 6) is 0.862. The van der Waals surface area contributed by atoms with E-state index in [1.165, 1.54) is 5.56 Å². The average molecular weight is 224 g/mol. The molecule has 0 bridgehead atoms. The van der Waals surface area contributed by atoms with E-state index in [1.807, 2.05) is 13.8 Å². The quantitative estimate of drug-likeness (QED) is 0.831. The van der Waals surface area contributed by atoms with E-state index in [-0.39, 0.29) is 6.61 Å². The Morgan fingerprint density at radius 3 is 2.19 bits per heavy atom. The Labute approximate surface area is 97.0 Å². The van der Waals surface area contributed by atoms with Crippen LogP contribution in [0.4, 0.5) is 0 Å². The van der Waals surface area contributed by atoms with E-state index in [0.717, 1.165) is 16.9 Å². The highest BCUT2D eigenvalue weighted by molar-refractivity contribution is 5.42. The molecule has 1 aromatic carbocycles. The summed E-state index contributed by atoms with van der Waals surface area (Å²) in [6, 6.07) is 4.15. The van der Waals surface area contributed by atoms with Crippen LogP contribution in [0.1, 0.15) is 16.7 Å². The molecule has 0 aromatic heterocycles. The van der Waals surface area contributed by atoms with Gasteiger partial charge in [-0.1, -0.05) is 17.7 Å². The Morgan fingerprint density at radius 1 is 1.12 bits per heavy atom. The number of aryl methyl sites for hydroxylation is 3. The molecule has 3 heteroatoms. The second-order valence-electron chi connectivity index (χ2n) is 4.15. The molecule has 0 aliphatic heterocycles. The van der Waals surface area contributed by atoms with E-state index >= 15 is 0 Å². The highest BCUT2D eigenvalue weighted by atomic mass is 16.5. The lowest BCUT2D eigenvalue weighted by atomic mass is 10.1. The zero-order chi connectivity index (χ0) is 12.1. The number of rotatable bonds is 5. The van der Waals surface area contributed by atoms with E-state index in [1.54, 1.807) is 7.11 Å². The van der Waals surface area contributed by atoms with Gasteiger partial charge in [0.1, 0.15) is 18.5 Å². The van der Waals surface area contributed by atoms with E-state index in [9.17, 15) is 5.11 Å². The minimum Gasteiger partial charge on any atom is -0.490 e. The van der Waals surface area contributed by atoms with Crippen molar-refractivity contribution >= 4 is 0 Å². The van der Waals surface area contributed by atoms with Gasteiger partial charge >= 0.3 is 0 Å². The molecule has 0 spiro atoms. The number of aliphatic hydroxyl groups excluding tert-OH is 1. The van der Waals surface area contributed by atoms with Crippen LogP contribution in [0.15, 0.2) is 12.1 Å². The summed E-state index contributed by atoms with van der Waals surface area (Å²) >= 11 is 0. The van der Waals surface area contributed by atoms with Gasteiger partial charge in [0.15, 0.2) is 0 Å². The highest BCUT2D eigenvalue weighted by Crippen LogP contribution is 2.24. The van der Waals surface area contributed by atoms with E-state index in [2.05, 4.69) is 19.1 Å². The topological polar surface area (TPSA) is 38.7 Å². The second-order valence-corrected chi connectivity index (χ2v) is 4.15. The van der Waals surface area contributed by atoms with Crippen molar-refractivity contribution in [3.05, 3.63) is 28.8 Å². The van der Waals surface area contributed by atoms with Crippen LogP contribution >= 0.6 is 0 Å². The van der Waals surface area contributed by atoms with Crippen LogP contribution in [0.25, 0.3) is 0 Å². The first-order valence-electron chi connectivity index (χ1n) is 5.42. The minimum absolute atomic E-state index is 0.262. The molecule has 1 N–H and O–H groups in total. The fourth-order valence-electron chi connectivity index (χ4n) is 1.81. The van der Waals surface area contributed by atoms with Crippen LogP contribution in [0.2, 0.25) is 0 Å². The third kappa shape index (κ3) is 3.51. The van der Waals surface area contributed by atoms with Crippen molar-refractivity contribution < 1.29 is 14.6 Å². The summed E-state index contributed by atoms with van der Waals surface area (Å²) in [4.78, 5) is 0. The largest absolute Gasteiger partial charge is 0.490 e. The van der Waals surface area contributed by atoms with Gasteiger partial charge in [0.2, 0.25) is 0 Å². The normalized spacial score (nSPS) is 12.6. The smallest absolute Gasteiger partial charge is 0.125 e. The maximum atomic E-state index is 9.50. The van der Waals surface area contributed by atoms with Gasteiger partial charge in [0.25, 0.3) is 0 Å². The maximum Gasteiger partial charge on any atom is 0.125 e. The van der Waals surface area contributed by atoms with Gasteiger partial charge in [-0.05, 0) is 31.9 Å².